The van der Waals surface area contributed by atoms with Gasteiger partial charge in [-0.05, 0) is 25.1 Å². The van der Waals surface area contributed by atoms with Crippen molar-refractivity contribution in [1.82, 2.24) is 4.98 Å². The number of hydrogen-bond donors (Lipinski definition) is 1. The fraction of sp³-hybridized carbons (Fsp3) is 0.294. The van der Waals surface area contributed by atoms with E-state index in [1.54, 1.807) is 18.2 Å². The van der Waals surface area contributed by atoms with Crippen molar-refractivity contribution in [3.63, 3.8) is 0 Å². The number of amides is 1. The second kappa shape index (κ2) is 5.65. The molecule has 2 aromatic heterocycles. The van der Waals surface area contributed by atoms with Crippen LogP contribution in [0.2, 0.25) is 5.02 Å². The van der Waals surface area contributed by atoms with E-state index in [0.717, 1.165) is 16.6 Å². The Morgan fingerprint density at radius 1 is 1.35 bits per heavy atom. The quantitative estimate of drug-likeness (QED) is 0.674. The number of carbonyl (C=O) groups excluding carboxylic acids is 1. The van der Waals surface area contributed by atoms with Gasteiger partial charge in [-0.15, -0.1) is 11.3 Å². The number of thiazole rings is 1. The van der Waals surface area contributed by atoms with Gasteiger partial charge in [-0.25, -0.2) is 4.98 Å². The van der Waals surface area contributed by atoms with E-state index >= 15 is 0 Å². The number of aryl methyl sites for hydroxylation is 1. The third-order valence-corrected chi connectivity index (χ3v) is 4.59. The van der Waals surface area contributed by atoms with Gasteiger partial charge in [0.25, 0.3) is 5.91 Å². The molecule has 1 amide bonds. The Labute approximate surface area is 143 Å². The Balaban J connectivity index is 1.89. The maximum absolute atomic E-state index is 12.5. The summed E-state index contributed by atoms with van der Waals surface area (Å²) in [4.78, 5) is 16.9. The summed E-state index contributed by atoms with van der Waals surface area (Å²) in [6, 6.07) is 5.31. The lowest BCUT2D eigenvalue weighted by Gasteiger charge is -2.14. The van der Waals surface area contributed by atoms with E-state index in [0.29, 0.717) is 15.7 Å². The van der Waals surface area contributed by atoms with Gasteiger partial charge in [0.1, 0.15) is 5.58 Å². The maximum atomic E-state index is 12.5. The largest absolute Gasteiger partial charge is 0.451 e. The van der Waals surface area contributed by atoms with Crippen molar-refractivity contribution >= 4 is 44.9 Å². The molecule has 4 nitrogen and oxygen atoms in total. The van der Waals surface area contributed by atoms with Crippen molar-refractivity contribution < 1.29 is 9.21 Å². The van der Waals surface area contributed by atoms with Crippen LogP contribution in [0, 0.1) is 6.92 Å². The highest BCUT2D eigenvalue weighted by molar-refractivity contribution is 7.14. The van der Waals surface area contributed by atoms with Crippen molar-refractivity contribution in [3.8, 4) is 0 Å². The average Bonchev–Trinajstić information content (AvgIpc) is 3.04. The van der Waals surface area contributed by atoms with E-state index in [1.165, 1.54) is 11.3 Å². The Morgan fingerprint density at radius 3 is 2.74 bits per heavy atom. The predicted molar refractivity (Wildman–Crippen MR) is 94.7 cm³/mol. The van der Waals surface area contributed by atoms with Gasteiger partial charge in [0, 0.05) is 26.8 Å². The van der Waals surface area contributed by atoms with Crippen LogP contribution in [0.4, 0.5) is 5.13 Å². The monoisotopic (exact) mass is 348 g/mol. The summed E-state index contributed by atoms with van der Waals surface area (Å²) >= 11 is 7.41. The molecule has 1 aromatic carbocycles. The zero-order valence-electron chi connectivity index (χ0n) is 13.4. The lowest BCUT2D eigenvalue weighted by atomic mass is 9.93. The molecule has 3 aromatic rings. The average molecular weight is 349 g/mol. The summed E-state index contributed by atoms with van der Waals surface area (Å²) < 4.78 is 5.67. The number of aromatic nitrogens is 1. The van der Waals surface area contributed by atoms with Gasteiger partial charge >= 0.3 is 0 Å². The molecule has 0 unspecified atom stereocenters. The highest BCUT2D eigenvalue weighted by Crippen LogP contribution is 2.30. The molecular weight excluding hydrogens is 332 g/mol. The van der Waals surface area contributed by atoms with E-state index in [2.05, 4.69) is 31.1 Å². The number of carbonyl (C=O) groups is 1. The lowest BCUT2D eigenvalue weighted by molar-refractivity contribution is 0.0998. The highest BCUT2D eigenvalue weighted by Gasteiger charge is 2.21. The molecule has 120 valence electrons. The molecule has 0 saturated carbocycles. The Morgan fingerprint density at radius 2 is 2.09 bits per heavy atom. The molecule has 0 bridgehead atoms. The van der Waals surface area contributed by atoms with Crippen molar-refractivity contribution in [3.05, 3.63) is 45.6 Å². The Kier molecular flexibility index (Phi) is 3.94. The molecule has 0 aliphatic carbocycles. The zero-order chi connectivity index (χ0) is 16.8. The SMILES string of the molecule is Cc1c(C(=O)Nc2nc(C(C)(C)C)cs2)oc2ccc(Cl)cc12. The molecule has 23 heavy (non-hydrogen) atoms. The van der Waals surface area contributed by atoms with Crippen LogP contribution in [0.25, 0.3) is 11.0 Å². The highest BCUT2D eigenvalue weighted by atomic mass is 35.5. The van der Waals surface area contributed by atoms with Crippen molar-refractivity contribution in [2.75, 3.05) is 5.32 Å². The van der Waals surface area contributed by atoms with Gasteiger partial charge < -0.3 is 4.42 Å². The number of furan rings is 1. The van der Waals surface area contributed by atoms with Crippen LogP contribution >= 0.6 is 22.9 Å². The van der Waals surface area contributed by atoms with Gasteiger partial charge in [0.15, 0.2) is 10.9 Å². The third kappa shape index (κ3) is 3.12. The van der Waals surface area contributed by atoms with Crippen LogP contribution in [0.1, 0.15) is 42.6 Å². The van der Waals surface area contributed by atoms with Crippen LogP contribution in [0.15, 0.2) is 28.0 Å². The first-order valence-corrected chi connectivity index (χ1v) is 8.47. The van der Waals surface area contributed by atoms with Gasteiger partial charge in [0.2, 0.25) is 0 Å². The number of halogens is 1. The molecule has 0 atom stereocenters. The third-order valence-electron chi connectivity index (χ3n) is 3.60. The number of nitrogens with zero attached hydrogens (tertiary/aromatic N) is 1. The fourth-order valence-corrected chi connectivity index (χ4v) is 3.34. The predicted octanol–water partition coefficient (Wildman–Crippen LogP) is 5.40. The maximum Gasteiger partial charge on any atom is 0.293 e. The smallest absolute Gasteiger partial charge is 0.293 e. The van der Waals surface area contributed by atoms with Crippen LogP contribution in [-0.4, -0.2) is 10.9 Å². The van der Waals surface area contributed by atoms with E-state index in [9.17, 15) is 4.79 Å². The second-order valence-corrected chi connectivity index (χ2v) is 7.73. The summed E-state index contributed by atoms with van der Waals surface area (Å²) in [5.74, 6) is -0.0144. The van der Waals surface area contributed by atoms with Crippen molar-refractivity contribution in [2.24, 2.45) is 0 Å². The van der Waals surface area contributed by atoms with Crippen molar-refractivity contribution in [2.45, 2.75) is 33.1 Å². The number of nitrogens with one attached hydrogen (secondary N) is 1. The van der Waals surface area contributed by atoms with Crippen LogP contribution in [-0.2, 0) is 5.41 Å². The number of anilines is 1. The first-order valence-electron chi connectivity index (χ1n) is 7.22. The first kappa shape index (κ1) is 16.0. The van der Waals surface area contributed by atoms with E-state index < -0.39 is 0 Å². The topological polar surface area (TPSA) is 55.1 Å². The fourth-order valence-electron chi connectivity index (χ4n) is 2.24. The molecule has 0 saturated heterocycles. The van der Waals surface area contributed by atoms with Crippen LogP contribution < -0.4 is 5.32 Å². The number of benzene rings is 1. The van der Waals surface area contributed by atoms with Gasteiger partial charge in [-0.1, -0.05) is 32.4 Å². The molecular formula is C17H17ClN2O2S. The summed E-state index contributed by atoms with van der Waals surface area (Å²) in [7, 11) is 0. The minimum Gasteiger partial charge on any atom is -0.451 e. The molecule has 0 spiro atoms. The zero-order valence-corrected chi connectivity index (χ0v) is 14.9. The van der Waals surface area contributed by atoms with E-state index in [1.807, 2.05) is 12.3 Å². The summed E-state index contributed by atoms with van der Waals surface area (Å²) in [6.45, 7) is 8.10. The van der Waals surface area contributed by atoms with Crippen LogP contribution in [0.5, 0.6) is 0 Å². The molecule has 0 aliphatic rings. The standard InChI is InChI=1S/C17H17ClN2O2S/c1-9-11-7-10(18)5-6-12(11)22-14(9)15(21)20-16-19-13(8-23-16)17(2,3)4/h5-8H,1-4H3,(H,19,20,21). The number of rotatable bonds is 2. The van der Waals surface area contributed by atoms with Gasteiger partial charge in [-0.3, -0.25) is 10.1 Å². The molecule has 0 aliphatic heterocycles. The van der Waals surface area contributed by atoms with Gasteiger partial charge in [0.05, 0.1) is 5.69 Å². The molecule has 3 rings (SSSR count). The minimum atomic E-state index is -0.301. The first-order chi connectivity index (χ1) is 10.8. The summed E-state index contributed by atoms with van der Waals surface area (Å²) in [5.41, 5.74) is 2.32. The molecule has 6 heteroatoms. The Hall–Kier alpha value is -1.85. The molecule has 0 radical (unpaired) electrons. The minimum absolute atomic E-state index is 0.0501. The Bertz CT molecular complexity index is 890. The summed E-state index contributed by atoms with van der Waals surface area (Å²) in [6.07, 6.45) is 0. The summed E-state index contributed by atoms with van der Waals surface area (Å²) in [5, 5.41) is 6.79. The lowest BCUT2D eigenvalue weighted by Crippen LogP contribution is -2.14. The van der Waals surface area contributed by atoms with Crippen molar-refractivity contribution in [1.29, 1.82) is 0 Å². The second-order valence-electron chi connectivity index (χ2n) is 6.44. The number of hydrogen-bond acceptors (Lipinski definition) is 4. The van der Waals surface area contributed by atoms with Crippen LogP contribution in [0.3, 0.4) is 0 Å². The molecule has 0 fully saturated rings. The number of fused-ring (bicyclic) bond motifs is 1. The molecule has 2 heterocycles. The molecule has 1 N–H and O–H groups in total. The van der Waals surface area contributed by atoms with E-state index in [-0.39, 0.29) is 17.1 Å². The van der Waals surface area contributed by atoms with E-state index in [4.69, 9.17) is 16.0 Å². The van der Waals surface area contributed by atoms with Gasteiger partial charge in [-0.2, -0.15) is 0 Å². The normalized spacial score (nSPS) is 11.9.